The molecule has 5 nitrogen and oxygen atoms in total. The number of hydrogen-bond acceptors (Lipinski definition) is 3. The SMILES string of the molecule is C=CCN(C)[n+]1cc([NH-])on1.Cl. The molecule has 0 aliphatic rings. The van der Waals surface area contributed by atoms with E-state index < -0.39 is 0 Å². The Morgan fingerprint density at radius 3 is 3.00 bits per heavy atom. The van der Waals surface area contributed by atoms with E-state index >= 15 is 0 Å². The molecular formula is C6H11ClN4O. The zero-order valence-electron chi connectivity index (χ0n) is 6.73. The van der Waals surface area contributed by atoms with Crippen molar-refractivity contribution in [3.05, 3.63) is 24.6 Å². The van der Waals surface area contributed by atoms with Crippen LogP contribution >= 0.6 is 12.4 Å². The van der Waals surface area contributed by atoms with Crippen molar-refractivity contribution in [1.29, 1.82) is 0 Å². The van der Waals surface area contributed by atoms with Crippen molar-refractivity contribution in [2.75, 3.05) is 18.6 Å². The summed E-state index contributed by atoms with van der Waals surface area (Å²) >= 11 is 0. The third kappa shape index (κ3) is 2.43. The van der Waals surface area contributed by atoms with Crippen molar-refractivity contribution in [3.63, 3.8) is 0 Å². The maximum absolute atomic E-state index is 7.04. The van der Waals surface area contributed by atoms with E-state index in [1.54, 1.807) is 11.1 Å². The Bertz CT molecular complexity index is 249. The summed E-state index contributed by atoms with van der Waals surface area (Å²) < 4.78 is 4.54. The van der Waals surface area contributed by atoms with E-state index in [2.05, 4.69) is 16.4 Å². The lowest BCUT2D eigenvalue weighted by atomic mass is 10.6. The van der Waals surface area contributed by atoms with Gasteiger partial charge in [0.05, 0.1) is 18.4 Å². The molecule has 68 valence electrons. The molecule has 0 amide bonds. The quantitative estimate of drug-likeness (QED) is 0.524. The summed E-state index contributed by atoms with van der Waals surface area (Å²) in [6, 6.07) is 0. The Morgan fingerprint density at radius 1 is 1.92 bits per heavy atom. The van der Waals surface area contributed by atoms with E-state index in [4.69, 9.17) is 5.73 Å². The van der Waals surface area contributed by atoms with E-state index in [-0.39, 0.29) is 18.3 Å². The molecular weight excluding hydrogens is 180 g/mol. The highest BCUT2D eigenvalue weighted by Gasteiger charge is 2.09. The van der Waals surface area contributed by atoms with E-state index in [1.807, 2.05) is 7.05 Å². The zero-order chi connectivity index (χ0) is 8.27. The van der Waals surface area contributed by atoms with Gasteiger partial charge in [-0.2, -0.15) is 5.01 Å². The van der Waals surface area contributed by atoms with Gasteiger partial charge in [0.2, 0.25) is 5.27 Å². The number of nitrogens with zero attached hydrogens (tertiary/aromatic N) is 3. The van der Waals surface area contributed by atoms with Gasteiger partial charge in [0.15, 0.2) is 0 Å². The lowest BCUT2D eigenvalue weighted by Gasteiger charge is -2.01. The van der Waals surface area contributed by atoms with Crippen LogP contribution in [0.2, 0.25) is 0 Å². The summed E-state index contributed by atoms with van der Waals surface area (Å²) in [4.78, 5) is 1.45. The molecule has 0 saturated heterocycles. The molecule has 1 aromatic rings. The fraction of sp³-hybridized carbons (Fsp3) is 0.333. The monoisotopic (exact) mass is 190 g/mol. The Morgan fingerprint density at radius 2 is 2.58 bits per heavy atom. The van der Waals surface area contributed by atoms with Gasteiger partial charge in [-0.3, -0.25) is 0 Å². The highest BCUT2D eigenvalue weighted by atomic mass is 35.5. The average molecular weight is 191 g/mol. The lowest BCUT2D eigenvalue weighted by molar-refractivity contribution is -0.755. The topological polar surface area (TPSA) is 57.0 Å². The normalized spacial score (nSPS) is 8.75. The van der Waals surface area contributed by atoms with Gasteiger partial charge in [0.1, 0.15) is 5.88 Å². The Hall–Kier alpha value is -1.23. The van der Waals surface area contributed by atoms with Crippen LogP contribution in [0.5, 0.6) is 0 Å². The van der Waals surface area contributed by atoms with Crippen molar-refractivity contribution in [2.45, 2.75) is 0 Å². The molecule has 1 heterocycles. The van der Waals surface area contributed by atoms with Crippen molar-refractivity contribution >= 4 is 18.3 Å². The molecule has 0 fully saturated rings. The highest BCUT2D eigenvalue weighted by molar-refractivity contribution is 5.85. The van der Waals surface area contributed by atoms with Crippen LogP contribution in [0.4, 0.5) is 5.88 Å². The third-order valence-electron chi connectivity index (χ3n) is 1.20. The molecule has 1 N–H and O–H groups in total. The minimum absolute atomic E-state index is 0. The first kappa shape index (κ1) is 10.8. The molecule has 0 aliphatic heterocycles. The molecule has 0 saturated carbocycles. The lowest BCUT2D eigenvalue weighted by Crippen LogP contribution is -2.56. The second-order valence-corrected chi connectivity index (χ2v) is 2.12. The van der Waals surface area contributed by atoms with Crippen LogP contribution in [-0.2, 0) is 0 Å². The van der Waals surface area contributed by atoms with Crippen LogP contribution in [0.15, 0.2) is 23.4 Å². The molecule has 0 aromatic carbocycles. The van der Waals surface area contributed by atoms with Gasteiger partial charge in [-0.05, 0) is 0 Å². The minimum Gasteiger partial charge on any atom is -0.660 e. The smallest absolute Gasteiger partial charge is 0.256 e. The van der Waals surface area contributed by atoms with E-state index in [1.165, 1.54) is 11.0 Å². The zero-order valence-corrected chi connectivity index (χ0v) is 7.54. The first-order valence-corrected chi connectivity index (χ1v) is 3.16. The van der Waals surface area contributed by atoms with Gasteiger partial charge < -0.3 is 10.3 Å². The number of halogens is 1. The Labute approximate surface area is 76.8 Å². The van der Waals surface area contributed by atoms with Gasteiger partial charge in [0.25, 0.3) is 6.20 Å². The summed E-state index contributed by atoms with van der Waals surface area (Å²) in [5.41, 5.74) is 7.04. The van der Waals surface area contributed by atoms with Crippen LogP contribution < -0.4 is 9.80 Å². The van der Waals surface area contributed by atoms with Crippen molar-refractivity contribution in [3.8, 4) is 0 Å². The molecule has 1 aromatic heterocycles. The Kier molecular flexibility index (Phi) is 4.14. The van der Waals surface area contributed by atoms with E-state index in [0.29, 0.717) is 6.54 Å². The van der Waals surface area contributed by atoms with Crippen molar-refractivity contribution < 1.29 is 9.31 Å². The number of nitrogens with one attached hydrogen (secondary N) is 1. The fourth-order valence-corrected chi connectivity index (χ4v) is 0.669. The van der Waals surface area contributed by atoms with E-state index in [0.717, 1.165) is 0 Å². The van der Waals surface area contributed by atoms with Gasteiger partial charge in [-0.15, -0.1) is 19.0 Å². The average Bonchev–Trinajstić information content (AvgIpc) is 2.36. The molecule has 12 heavy (non-hydrogen) atoms. The number of rotatable bonds is 3. The van der Waals surface area contributed by atoms with Crippen LogP contribution in [0.25, 0.3) is 5.73 Å². The van der Waals surface area contributed by atoms with Crippen molar-refractivity contribution in [1.82, 2.24) is 5.27 Å². The molecule has 6 heteroatoms. The molecule has 0 radical (unpaired) electrons. The maximum atomic E-state index is 7.04. The van der Waals surface area contributed by atoms with Gasteiger partial charge in [0, 0.05) is 0 Å². The molecule has 0 spiro atoms. The fourth-order valence-electron chi connectivity index (χ4n) is 0.669. The summed E-state index contributed by atoms with van der Waals surface area (Å²) in [5, 5.41) is 5.33. The van der Waals surface area contributed by atoms with Crippen LogP contribution in [0.1, 0.15) is 0 Å². The standard InChI is InChI=1S/C6H10N4O.ClH/c1-3-4-9(2)10-5-6(7)11-8-10;/h3,5,7H,1,4H2,2H3;1H. The second kappa shape index (κ2) is 4.61. The second-order valence-electron chi connectivity index (χ2n) is 2.12. The van der Waals surface area contributed by atoms with Gasteiger partial charge in [-0.1, -0.05) is 6.08 Å². The van der Waals surface area contributed by atoms with Gasteiger partial charge in [-0.25, -0.2) is 0 Å². The van der Waals surface area contributed by atoms with Gasteiger partial charge >= 0.3 is 0 Å². The van der Waals surface area contributed by atoms with Crippen molar-refractivity contribution in [2.24, 2.45) is 0 Å². The molecule has 0 bridgehead atoms. The van der Waals surface area contributed by atoms with Crippen LogP contribution in [-0.4, -0.2) is 18.9 Å². The third-order valence-corrected chi connectivity index (χ3v) is 1.20. The summed E-state index contributed by atoms with van der Waals surface area (Å²) in [6.45, 7) is 4.24. The van der Waals surface area contributed by atoms with Crippen LogP contribution in [0.3, 0.4) is 0 Å². The number of aromatic nitrogens is 2. The first-order chi connectivity index (χ1) is 5.24. The predicted molar refractivity (Wildman–Crippen MR) is 47.1 cm³/mol. The predicted octanol–water partition coefficient (Wildman–Crippen LogP) is 0.821. The number of likely N-dealkylation sites (N-methyl/N-ethyl adjacent to an activating group) is 1. The maximum Gasteiger partial charge on any atom is 0.256 e. The summed E-state index contributed by atoms with van der Waals surface area (Å²) in [7, 11) is 1.82. The molecule has 0 atom stereocenters. The Balaban J connectivity index is 0.00000121. The molecule has 0 unspecified atom stereocenters. The molecule has 0 aliphatic carbocycles. The highest BCUT2D eigenvalue weighted by Crippen LogP contribution is 2.00. The molecule has 1 rings (SSSR count). The first-order valence-electron chi connectivity index (χ1n) is 3.16. The number of hydrogen-bond donors (Lipinski definition) is 0. The largest absolute Gasteiger partial charge is 0.660 e. The summed E-state index contributed by atoms with van der Waals surface area (Å²) in [5.74, 6) is 0.0425. The minimum atomic E-state index is 0. The van der Waals surface area contributed by atoms with E-state index in [9.17, 15) is 0 Å². The summed E-state index contributed by atoms with van der Waals surface area (Å²) in [6.07, 6.45) is 3.22. The van der Waals surface area contributed by atoms with Crippen LogP contribution in [0, 0.1) is 0 Å².